The summed E-state index contributed by atoms with van der Waals surface area (Å²) in [5.74, 6) is -4.89. The van der Waals surface area contributed by atoms with Gasteiger partial charge in [0.15, 0.2) is 0 Å². The maximum atomic E-state index is 8.72. The Balaban J connectivity index is 2.84. The van der Waals surface area contributed by atoms with Gasteiger partial charge in [0, 0.05) is 6.42 Å². The van der Waals surface area contributed by atoms with Gasteiger partial charge in [-0.25, -0.2) is 0 Å². The third-order valence-corrected chi connectivity index (χ3v) is 1.34. The van der Waals surface area contributed by atoms with Crippen LogP contribution in [-0.4, -0.2) is 32.0 Å². The molecule has 1 rings (SSSR count). The molecule has 4 N–H and O–H groups in total. The molecule has 0 spiro atoms. The minimum absolute atomic E-state index is 0.153. The highest BCUT2D eigenvalue weighted by molar-refractivity contribution is 5.11. The van der Waals surface area contributed by atoms with Crippen molar-refractivity contribution in [2.75, 3.05) is 0 Å². The monoisotopic (exact) mass is 132 g/mol. The Hall–Kier alpha value is -0.420. The first kappa shape index (κ1) is 6.70. The van der Waals surface area contributed by atoms with E-state index < -0.39 is 11.6 Å². The second-order valence-electron chi connectivity index (χ2n) is 2.15. The van der Waals surface area contributed by atoms with Gasteiger partial charge in [-0.15, -0.1) is 0 Å². The van der Waals surface area contributed by atoms with Crippen LogP contribution >= 0.6 is 0 Å². The van der Waals surface area contributed by atoms with E-state index in [0.29, 0.717) is 0 Å². The summed E-state index contributed by atoms with van der Waals surface area (Å²) in [6, 6.07) is 0. The van der Waals surface area contributed by atoms with Crippen molar-refractivity contribution in [2.45, 2.75) is 18.0 Å². The molecule has 4 heteroatoms. The average Bonchev–Trinajstić information content (AvgIpc) is 1.81. The molecule has 0 bridgehead atoms. The summed E-state index contributed by atoms with van der Waals surface area (Å²) in [5, 5.41) is 34.8. The van der Waals surface area contributed by atoms with Crippen molar-refractivity contribution in [1.82, 2.24) is 0 Å². The predicted octanol–water partition coefficient (Wildman–Crippen LogP) is -1.69. The zero-order chi connectivity index (χ0) is 7.12. The third kappa shape index (κ3) is 0.859. The topological polar surface area (TPSA) is 80.9 Å². The normalized spacial score (nSPS) is 28.9. The molecular formula is C5H8O4. The lowest BCUT2D eigenvalue weighted by Crippen LogP contribution is -2.49. The van der Waals surface area contributed by atoms with Crippen molar-refractivity contribution in [3.63, 3.8) is 0 Å². The Morgan fingerprint density at radius 2 is 1.67 bits per heavy atom. The molecule has 0 amide bonds. The molecule has 4 nitrogen and oxygen atoms in total. The van der Waals surface area contributed by atoms with E-state index in [1.165, 1.54) is 6.08 Å². The number of aliphatic hydroxyl groups is 4. The predicted molar refractivity (Wildman–Crippen MR) is 28.1 cm³/mol. The Bertz CT molecular complexity index is 147. The minimum Gasteiger partial charge on any atom is -0.361 e. The molecule has 9 heavy (non-hydrogen) atoms. The lowest BCUT2D eigenvalue weighted by molar-refractivity contribution is -0.323. The second kappa shape index (κ2) is 1.54. The Kier molecular flexibility index (Phi) is 1.15. The van der Waals surface area contributed by atoms with Crippen LogP contribution in [0.15, 0.2) is 12.2 Å². The van der Waals surface area contributed by atoms with Gasteiger partial charge in [0.25, 0.3) is 0 Å². The fourth-order valence-corrected chi connectivity index (χ4v) is 0.671. The van der Waals surface area contributed by atoms with Crippen molar-refractivity contribution in [3.05, 3.63) is 12.2 Å². The summed E-state index contributed by atoms with van der Waals surface area (Å²) < 4.78 is 0. The lowest BCUT2D eigenvalue weighted by atomic mass is 10.1. The van der Waals surface area contributed by atoms with Crippen LogP contribution in [0.25, 0.3) is 0 Å². The zero-order valence-corrected chi connectivity index (χ0v) is 4.65. The van der Waals surface area contributed by atoms with Gasteiger partial charge in [0.2, 0.25) is 11.6 Å². The summed E-state index contributed by atoms with van der Waals surface area (Å²) in [5.41, 5.74) is 0. The van der Waals surface area contributed by atoms with E-state index in [-0.39, 0.29) is 6.42 Å². The first-order chi connectivity index (χ1) is 3.96. The van der Waals surface area contributed by atoms with E-state index in [4.69, 9.17) is 20.4 Å². The van der Waals surface area contributed by atoms with Crippen LogP contribution in [0.2, 0.25) is 0 Å². The summed E-state index contributed by atoms with van der Waals surface area (Å²) in [7, 11) is 0. The van der Waals surface area contributed by atoms with E-state index in [9.17, 15) is 0 Å². The van der Waals surface area contributed by atoms with Gasteiger partial charge in [0.1, 0.15) is 0 Å². The molecule has 1 aliphatic carbocycles. The van der Waals surface area contributed by atoms with Gasteiger partial charge < -0.3 is 20.4 Å². The fourth-order valence-electron chi connectivity index (χ4n) is 0.671. The quantitative estimate of drug-likeness (QED) is 0.234. The van der Waals surface area contributed by atoms with Crippen molar-refractivity contribution in [1.29, 1.82) is 0 Å². The van der Waals surface area contributed by atoms with E-state index in [1.54, 1.807) is 0 Å². The Morgan fingerprint density at radius 3 is 1.78 bits per heavy atom. The minimum atomic E-state index is -2.48. The van der Waals surface area contributed by atoms with Crippen LogP contribution < -0.4 is 0 Å². The summed E-state index contributed by atoms with van der Waals surface area (Å²) in [4.78, 5) is 0. The van der Waals surface area contributed by atoms with Gasteiger partial charge in [-0.3, -0.25) is 0 Å². The van der Waals surface area contributed by atoms with Gasteiger partial charge in [0.05, 0.1) is 0 Å². The van der Waals surface area contributed by atoms with E-state index >= 15 is 0 Å². The summed E-state index contributed by atoms with van der Waals surface area (Å²) in [6.45, 7) is 0. The molecule has 0 atom stereocenters. The van der Waals surface area contributed by atoms with Crippen LogP contribution in [0, 0.1) is 0 Å². The van der Waals surface area contributed by atoms with Crippen LogP contribution in [0.3, 0.4) is 0 Å². The molecule has 0 aromatic heterocycles. The molecule has 0 aromatic carbocycles. The smallest absolute Gasteiger partial charge is 0.238 e. The van der Waals surface area contributed by atoms with Crippen LogP contribution in [0.4, 0.5) is 0 Å². The third-order valence-electron chi connectivity index (χ3n) is 1.34. The maximum absolute atomic E-state index is 8.72. The van der Waals surface area contributed by atoms with Crippen LogP contribution in [0.1, 0.15) is 6.42 Å². The number of hydrogen-bond donors (Lipinski definition) is 4. The van der Waals surface area contributed by atoms with E-state index in [0.717, 1.165) is 6.08 Å². The molecule has 0 aliphatic heterocycles. The van der Waals surface area contributed by atoms with Crippen LogP contribution in [0.5, 0.6) is 0 Å². The molecule has 0 saturated carbocycles. The van der Waals surface area contributed by atoms with E-state index in [2.05, 4.69) is 0 Å². The average molecular weight is 132 g/mol. The standard InChI is InChI=1S/C5H8O4/c6-4(7)2-1-3-5(4,8)9/h1-2,6-9H,3H2. The number of rotatable bonds is 0. The Labute approximate surface area is 51.7 Å². The van der Waals surface area contributed by atoms with Crippen molar-refractivity contribution >= 4 is 0 Å². The summed E-state index contributed by atoms with van der Waals surface area (Å²) >= 11 is 0. The highest BCUT2D eigenvalue weighted by Crippen LogP contribution is 2.28. The van der Waals surface area contributed by atoms with Crippen molar-refractivity contribution in [3.8, 4) is 0 Å². The summed E-state index contributed by atoms with van der Waals surface area (Å²) in [6.07, 6.45) is 2.08. The lowest BCUT2D eigenvalue weighted by Gasteiger charge is -2.26. The van der Waals surface area contributed by atoms with Crippen molar-refractivity contribution in [2.24, 2.45) is 0 Å². The van der Waals surface area contributed by atoms with Gasteiger partial charge in [-0.2, -0.15) is 0 Å². The molecule has 0 aromatic rings. The largest absolute Gasteiger partial charge is 0.361 e. The molecule has 0 unspecified atom stereocenters. The van der Waals surface area contributed by atoms with Gasteiger partial charge in [-0.1, -0.05) is 6.08 Å². The molecule has 0 fully saturated rings. The zero-order valence-electron chi connectivity index (χ0n) is 4.65. The van der Waals surface area contributed by atoms with Crippen LogP contribution in [-0.2, 0) is 0 Å². The molecule has 0 saturated heterocycles. The maximum Gasteiger partial charge on any atom is 0.238 e. The first-order valence-electron chi connectivity index (χ1n) is 2.53. The van der Waals surface area contributed by atoms with E-state index in [1.807, 2.05) is 0 Å². The SMILES string of the molecule is OC1(O)C=CCC1(O)O. The molecule has 0 heterocycles. The molecule has 0 radical (unpaired) electrons. The van der Waals surface area contributed by atoms with Gasteiger partial charge >= 0.3 is 0 Å². The second-order valence-corrected chi connectivity index (χ2v) is 2.15. The first-order valence-corrected chi connectivity index (χ1v) is 2.53. The molecule has 52 valence electrons. The number of hydrogen-bond acceptors (Lipinski definition) is 4. The van der Waals surface area contributed by atoms with Gasteiger partial charge in [-0.05, 0) is 6.08 Å². The molecule has 1 aliphatic rings. The molecular weight excluding hydrogens is 124 g/mol. The highest BCUT2D eigenvalue weighted by Gasteiger charge is 2.47. The Morgan fingerprint density at radius 1 is 1.11 bits per heavy atom. The van der Waals surface area contributed by atoms with Crippen molar-refractivity contribution < 1.29 is 20.4 Å². The fraction of sp³-hybridized carbons (Fsp3) is 0.600. The highest BCUT2D eigenvalue weighted by atomic mass is 16.6.